The van der Waals surface area contributed by atoms with Gasteiger partial charge < -0.3 is 0 Å². The van der Waals surface area contributed by atoms with Crippen LogP contribution in [0.25, 0.3) is 0 Å². The lowest BCUT2D eigenvalue weighted by Gasteiger charge is -2.32. The quantitative estimate of drug-likeness (QED) is 0.794. The predicted molar refractivity (Wildman–Crippen MR) is 82.7 cm³/mol. The van der Waals surface area contributed by atoms with Gasteiger partial charge in [0.2, 0.25) is 0 Å². The molecule has 21 heavy (non-hydrogen) atoms. The molecule has 5 nitrogen and oxygen atoms in total. The monoisotopic (exact) mass is 330 g/mol. The Morgan fingerprint density at radius 1 is 1.29 bits per heavy atom. The normalized spacial score (nSPS) is 20.7. The Bertz CT molecular complexity index is 614. The summed E-state index contributed by atoms with van der Waals surface area (Å²) in [6.07, 6.45) is 1.40. The first kappa shape index (κ1) is 16.4. The van der Waals surface area contributed by atoms with Gasteiger partial charge in [-0.25, -0.2) is 0 Å². The molecule has 1 heterocycles. The van der Waals surface area contributed by atoms with E-state index in [1.807, 2.05) is 0 Å². The van der Waals surface area contributed by atoms with Crippen molar-refractivity contribution in [2.45, 2.75) is 12.8 Å². The summed E-state index contributed by atoms with van der Waals surface area (Å²) in [4.78, 5) is 12.5. The molecule has 0 radical (unpaired) electrons. The largest absolute Gasteiger partial charge is 0.294 e. The van der Waals surface area contributed by atoms with Crippen LogP contribution in [-0.4, -0.2) is 50.0 Å². The highest BCUT2D eigenvalue weighted by Gasteiger charge is 2.33. The molecule has 1 aromatic carbocycles. The van der Waals surface area contributed by atoms with Crippen LogP contribution in [0.15, 0.2) is 24.3 Å². The van der Waals surface area contributed by atoms with Gasteiger partial charge in [-0.2, -0.15) is 17.0 Å². The number of carbonyl (C=O) groups excluding carboxylic acids is 1. The van der Waals surface area contributed by atoms with E-state index in [1.165, 1.54) is 22.7 Å². The lowest BCUT2D eigenvalue weighted by molar-refractivity contribution is 0.0870. The average molecular weight is 331 g/mol. The third-order valence-corrected chi connectivity index (χ3v) is 5.83. The van der Waals surface area contributed by atoms with Gasteiger partial charge >= 0.3 is 0 Å². The standard InChI is InChI=1S/C14H19ClN2O3S/c1-16(2)21(19,20)17-9-3-4-12(10-17)14(18)11-5-7-13(15)8-6-11/h5-8,12H,3-4,9-10H2,1-2H3. The van der Waals surface area contributed by atoms with Crippen LogP contribution in [0.1, 0.15) is 23.2 Å². The molecule has 1 fully saturated rings. The minimum absolute atomic E-state index is 0.0228. The minimum Gasteiger partial charge on any atom is -0.294 e. The van der Waals surface area contributed by atoms with Gasteiger partial charge in [0.05, 0.1) is 0 Å². The van der Waals surface area contributed by atoms with Crippen LogP contribution in [0.4, 0.5) is 0 Å². The van der Waals surface area contributed by atoms with Gasteiger partial charge in [-0.05, 0) is 37.1 Å². The molecule has 0 amide bonds. The van der Waals surface area contributed by atoms with Crippen LogP contribution >= 0.6 is 11.6 Å². The number of Topliss-reactive ketones (excluding diaryl/α,β-unsaturated/α-hetero) is 1. The van der Waals surface area contributed by atoms with Crippen LogP contribution in [0.2, 0.25) is 5.02 Å². The van der Waals surface area contributed by atoms with Crippen molar-refractivity contribution in [2.24, 2.45) is 5.92 Å². The molecule has 116 valence electrons. The van der Waals surface area contributed by atoms with E-state index in [0.29, 0.717) is 30.0 Å². The number of ketones is 1. The van der Waals surface area contributed by atoms with Gasteiger partial charge in [0.1, 0.15) is 0 Å². The summed E-state index contributed by atoms with van der Waals surface area (Å²) in [5.41, 5.74) is 0.577. The molecule has 1 unspecified atom stereocenters. The van der Waals surface area contributed by atoms with Crippen LogP contribution in [0.5, 0.6) is 0 Å². The minimum atomic E-state index is -3.46. The zero-order valence-corrected chi connectivity index (χ0v) is 13.7. The smallest absolute Gasteiger partial charge is 0.281 e. The Kier molecular flexibility index (Phi) is 5.03. The van der Waals surface area contributed by atoms with Gasteiger partial charge in [-0.15, -0.1) is 0 Å². The van der Waals surface area contributed by atoms with E-state index in [4.69, 9.17) is 11.6 Å². The fourth-order valence-electron chi connectivity index (χ4n) is 2.45. The second kappa shape index (κ2) is 6.44. The maximum Gasteiger partial charge on any atom is 0.281 e. The van der Waals surface area contributed by atoms with E-state index < -0.39 is 10.2 Å². The molecule has 1 saturated heterocycles. The van der Waals surface area contributed by atoms with E-state index in [1.54, 1.807) is 24.3 Å². The molecule has 0 N–H and O–H groups in total. The first-order valence-electron chi connectivity index (χ1n) is 6.80. The third kappa shape index (κ3) is 3.63. The molecule has 0 aliphatic carbocycles. The molecular weight excluding hydrogens is 312 g/mol. The average Bonchev–Trinajstić information content (AvgIpc) is 2.47. The number of rotatable bonds is 4. The molecule has 0 saturated carbocycles. The predicted octanol–water partition coefficient (Wildman–Crippen LogP) is 2.04. The highest BCUT2D eigenvalue weighted by molar-refractivity contribution is 7.86. The van der Waals surface area contributed by atoms with Crippen LogP contribution < -0.4 is 0 Å². The van der Waals surface area contributed by atoms with Gasteiger partial charge in [-0.3, -0.25) is 4.79 Å². The van der Waals surface area contributed by atoms with Crippen molar-refractivity contribution in [3.63, 3.8) is 0 Å². The molecule has 0 spiro atoms. The highest BCUT2D eigenvalue weighted by Crippen LogP contribution is 2.24. The first-order valence-corrected chi connectivity index (χ1v) is 8.57. The van der Waals surface area contributed by atoms with Crippen molar-refractivity contribution in [2.75, 3.05) is 27.2 Å². The molecule has 1 aliphatic rings. The van der Waals surface area contributed by atoms with Gasteiger partial charge in [0, 0.05) is 43.7 Å². The Morgan fingerprint density at radius 3 is 2.48 bits per heavy atom. The fourth-order valence-corrected chi connectivity index (χ4v) is 3.76. The second-order valence-electron chi connectivity index (χ2n) is 5.36. The summed E-state index contributed by atoms with van der Waals surface area (Å²) in [6, 6.07) is 6.71. The summed E-state index contributed by atoms with van der Waals surface area (Å²) in [5, 5.41) is 0.576. The molecule has 2 rings (SSSR count). The number of piperidine rings is 1. The number of nitrogens with zero attached hydrogens (tertiary/aromatic N) is 2. The molecular formula is C14H19ClN2O3S. The Labute approximate surface area is 130 Å². The topological polar surface area (TPSA) is 57.7 Å². The van der Waals surface area contributed by atoms with Crippen molar-refractivity contribution >= 4 is 27.6 Å². The van der Waals surface area contributed by atoms with Crippen molar-refractivity contribution in [3.05, 3.63) is 34.9 Å². The zero-order chi connectivity index (χ0) is 15.6. The third-order valence-electron chi connectivity index (χ3n) is 3.67. The van der Waals surface area contributed by atoms with E-state index >= 15 is 0 Å². The lowest BCUT2D eigenvalue weighted by atomic mass is 9.91. The van der Waals surface area contributed by atoms with Crippen LogP contribution in [-0.2, 0) is 10.2 Å². The summed E-state index contributed by atoms with van der Waals surface area (Å²) in [6.45, 7) is 0.701. The fraction of sp³-hybridized carbons (Fsp3) is 0.500. The Balaban J connectivity index is 2.14. The van der Waals surface area contributed by atoms with Crippen molar-refractivity contribution < 1.29 is 13.2 Å². The molecule has 1 aliphatic heterocycles. The van der Waals surface area contributed by atoms with Crippen molar-refractivity contribution in [1.29, 1.82) is 0 Å². The molecule has 0 aromatic heterocycles. The maximum absolute atomic E-state index is 12.5. The molecule has 1 atom stereocenters. The number of benzene rings is 1. The van der Waals surface area contributed by atoms with Crippen molar-refractivity contribution in [1.82, 2.24) is 8.61 Å². The van der Waals surface area contributed by atoms with E-state index in [-0.39, 0.29) is 18.2 Å². The Hall–Kier alpha value is -0.950. The molecule has 7 heteroatoms. The number of carbonyl (C=O) groups is 1. The van der Waals surface area contributed by atoms with E-state index in [2.05, 4.69) is 0 Å². The van der Waals surface area contributed by atoms with E-state index in [0.717, 1.165) is 0 Å². The maximum atomic E-state index is 12.5. The lowest BCUT2D eigenvalue weighted by Crippen LogP contribution is -2.46. The summed E-state index contributed by atoms with van der Waals surface area (Å²) >= 11 is 5.82. The highest BCUT2D eigenvalue weighted by atomic mass is 35.5. The zero-order valence-electron chi connectivity index (χ0n) is 12.1. The summed E-state index contributed by atoms with van der Waals surface area (Å²) < 4.78 is 26.9. The van der Waals surface area contributed by atoms with Gasteiger partial charge in [-0.1, -0.05) is 11.6 Å². The molecule has 1 aromatic rings. The van der Waals surface area contributed by atoms with Gasteiger partial charge in [0.15, 0.2) is 5.78 Å². The SMILES string of the molecule is CN(C)S(=O)(=O)N1CCCC(C(=O)c2ccc(Cl)cc2)C1. The van der Waals surface area contributed by atoms with Gasteiger partial charge in [0.25, 0.3) is 10.2 Å². The number of halogens is 1. The summed E-state index contributed by atoms with van der Waals surface area (Å²) in [5.74, 6) is -0.319. The Morgan fingerprint density at radius 2 is 1.90 bits per heavy atom. The summed E-state index contributed by atoms with van der Waals surface area (Å²) in [7, 11) is -0.462. The molecule has 0 bridgehead atoms. The second-order valence-corrected chi connectivity index (χ2v) is 7.94. The van der Waals surface area contributed by atoms with Crippen LogP contribution in [0, 0.1) is 5.92 Å². The number of hydrogen-bond donors (Lipinski definition) is 0. The van der Waals surface area contributed by atoms with E-state index in [9.17, 15) is 13.2 Å². The number of hydrogen-bond acceptors (Lipinski definition) is 3. The van der Waals surface area contributed by atoms with Crippen LogP contribution in [0.3, 0.4) is 0 Å². The van der Waals surface area contributed by atoms with Crippen molar-refractivity contribution in [3.8, 4) is 0 Å². The first-order chi connectivity index (χ1) is 9.82.